The van der Waals surface area contributed by atoms with Crippen LogP contribution < -0.4 is 5.32 Å². The van der Waals surface area contributed by atoms with Gasteiger partial charge in [0.05, 0.1) is 0 Å². The Balaban J connectivity index is 2.12. The Kier molecular flexibility index (Phi) is 3.78. The smallest absolute Gasteiger partial charge is 0.00104 e. The van der Waals surface area contributed by atoms with E-state index in [1.165, 1.54) is 32.4 Å². The lowest BCUT2D eigenvalue weighted by molar-refractivity contribution is 0.328. The maximum atomic E-state index is 3.62. The Morgan fingerprint density at radius 3 is 2.23 bits per heavy atom. The quantitative estimate of drug-likeness (QED) is 0.667. The van der Waals surface area contributed by atoms with Gasteiger partial charge in [-0.15, -0.1) is 0 Å². The van der Waals surface area contributed by atoms with Crippen molar-refractivity contribution in [3.05, 3.63) is 0 Å². The van der Waals surface area contributed by atoms with Gasteiger partial charge in [-0.3, -0.25) is 0 Å². The van der Waals surface area contributed by atoms with Gasteiger partial charge in [0, 0.05) is 6.54 Å². The summed E-state index contributed by atoms with van der Waals surface area (Å²) in [7, 11) is 0. The van der Waals surface area contributed by atoms with Gasteiger partial charge in [0.2, 0.25) is 0 Å². The van der Waals surface area contributed by atoms with Gasteiger partial charge in [0.15, 0.2) is 0 Å². The largest absolute Gasteiger partial charge is 0.316 e. The molecule has 13 heavy (non-hydrogen) atoms. The van der Waals surface area contributed by atoms with Crippen LogP contribution in [0.5, 0.6) is 0 Å². The highest BCUT2D eigenvalue weighted by molar-refractivity contribution is 4.97. The number of nitrogens with one attached hydrogen (secondary N) is 1. The van der Waals surface area contributed by atoms with Crippen molar-refractivity contribution in [1.82, 2.24) is 5.32 Å². The molecule has 1 aliphatic rings. The van der Waals surface area contributed by atoms with Crippen molar-refractivity contribution in [2.24, 2.45) is 17.3 Å². The molecule has 0 amide bonds. The molecule has 1 rings (SSSR count). The van der Waals surface area contributed by atoms with E-state index in [-0.39, 0.29) is 0 Å². The van der Waals surface area contributed by atoms with Crippen LogP contribution in [0.3, 0.4) is 0 Å². The number of hydrogen-bond acceptors (Lipinski definition) is 1. The fourth-order valence-corrected chi connectivity index (χ4v) is 1.83. The summed E-state index contributed by atoms with van der Waals surface area (Å²) in [5.74, 6) is 1.69. The first-order valence-corrected chi connectivity index (χ1v) is 5.81. The molecule has 1 saturated carbocycles. The molecule has 0 aromatic carbocycles. The summed E-state index contributed by atoms with van der Waals surface area (Å²) in [6.45, 7) is 11.7. The first-order chi connectivity index (χ1) is 6.10. The van der Waals surface area contributed by atoms with Gasteiger partial charge in [-0.2, -0.15) is 0 Å². The van der Waals surface area contributed by atoms with Crippen LogP contribution in [0.1, 0.15) is 47.0 Å². The summed E-state index contributed by atoms with van der Waals surface area (Å²) < 4.78 is 0. The first-order valence-electron chi connectivity index (χ1n) is 5.81. The molecule has 0 radical (unpaired) electrons. The van der Waals surface area contributed by atoms with Crippen molar-refractivity contribution in [1.29, 1.82) is 0 Å². The molecule has 1 aliphatic carbocycles. The zero-order valence-electron chi connectivity index (χ0n) is 9.69. The van der Waals surface area contributed by atoms with E-state index in [1.54, 1.807) is 0 Å². The highest BCUT2D eigenvalue weighted by Crippen LogP contribution is 2.51. The van der Waals surface area contributed by atoms with Gasteiger partial charge < -0.3 is 5.32 Å². The summed E-state index contributed by atoms with van der Waals surface area (Å²) in [6, 6.07) is 0. The Bertz CT molecular complexity index is 147. The van der Waals surface area contributed by atoms with Crippen LogP contribution >= 0.6 is 0 Å². The first kappa shape index (κ1) is 11.0. The lowest BCUT2D eigenvalue weighted by Crippen LogP contribution is -2.30. The van der Waals surface area contributed by atoms with E-state index in [9.17, 15) is 0 Å². The molecule has 0 spiro atoms. The molecule has 78 valence electrons. The van der Waals surface area contributed by atoms with Crippen LogP contribution in [0.2, 0.25) is 0 Å². The molecule has 0 heterocycles. The third-order valence-corrected chi connectivity index (χ3v) is 3.78. The van der Waals surface area contributed by atoms with Crippen molar-refractivity contribution in [3.63, 3.8) is 0 Å². The van der Waals surface area contributed by atoms with Gasteiger partial charge in [-0.05, 0) is 36.6 Å². The van der Waals surface area contributed by atoms with Crippen LogP contribution in [-0.4, -0.2) is 13.1 Å². The monoisotopic (exact) mass is 183 g/mol. The molecule has 1 fully saturated rings. The summed E-state index contributed by atoms with van der Waals surface area (Å²) in [5, 5.41) is 3.62. The van der Waals surface area contributed by atoms with E-state index in [2.05, 4.69) is 33.0 Å². The SMILES string of the molecule is CCC(C)CNCC1(C(C)C)CC1. The van der Waals surface area contributed by atoms with E-state index in [4.69, 9.17) is 0 Å². The predicted molar refractivity (Wildman–Crippen MR) is 58.8 cm³/mol. The molecule has 1 nitrogen and oxygen atoms in total. The minimum Gasteiger partial charge on any atom is -0.316 e. The standard InChI is InChI=1S/C12H25N/c1-5-11(4)8-13-9-12(6-7-12)10(2)3/h10-11,13H,5-9H2,1-4H3. The summed E-state index contributed by atoms with van der Waals surface area (Å²) in [4.78, 5) is 0. The van der Waals surface area contributed by atoms with Crippen molar-refractivity contribution in [2.75, 3.05) is 13.1 Å². The van der Waals surface area contributed by atoms with Gasteiger partial charge in [0.25, 0.3) is 0 Å². The van der Waals surface area contributed by atoms with Crippen LogP contribution in [0.15, 0.2) is 0 Å². The maximum absolute atomic E-state index is 3.62. The molecule has 0 aromatic rings. The topological polar surface area (TPSA) is 12.0 Å². The second-order valence-corrected chi connectivity index (χ2v) is 5.16. The number of hydrogen-bond donors (Lipinski definition) is 1. The Hall–Kier alpha value is -0.0400. The van der Waals surface area contributed by atoms with Crippen molar-refractivity contribution in [3.8, 4) is 0 Å². The minimum atomic E-state index is 0.674. The lowest BCUT2D eigenvalue weighted by Gasteiger charge is -2.21. The third-order valence-electron chi connectivity index (χ3n) is 3.78. The summed E-state index contributed by atoms with van der Waals surface area (Å²) in [6.07, 6.45) is 4.18. The third kappa shape index (κ3) is 2.98. The molecule has 1 atom stereocenters. The second kappa shape index (κ2) is 4.45. The van der Waals surface area contributed by atoms with Gasteiger partial charge >= 0.3 is 0 Å². The molecule has 1 heteroatoms. The van der Waals surface area contributed by atoms with Gasteiger partial charge in [-0.1, -0.05) is 34.1 Å². The van der Waals surface area contributed by atoms with E-state index in [0.717, 1.165) is 11.8 Å². The Labute approximate surface area is 83.3 Å². The highest BCUT2D eigenvalue weighted by atomic mass is 14.9. The minimum absolute atomic E-state index is 0.674. The van der Waals surface area contributed by atoms with Crippen LogP contribution in [0.25, 0.3) is 0 Å². The molecular formula is C12H25N. The maximum Gasteiger partial charge on any atom is 0.00104 e. The molecular weight excluding hydrogens is 158 g/mol. The van der Waals surface area contributed by atoms with Crippen molar-refractivity contribution in [2.45, 2.75) is 47.0 Å². The van der Waals surface area contributed by atoms with E-state index < -0.39 is 0 Å². The molecule has 1 unspecified atom stereocenters. The van der Waals surface area contributed by atoms with E-state index >= 15 is 0 Å². The predicted octanol–water partition coefficient (Wildman–Crippen LogP) is 3.06. The molecule has 0 aromatic heterocycles. The van der Waals surface area contributed by atoms with E-state index in [0.29, 0.717) is 5.41 Å². The highest BCUT2D eigenvalue weighted by Gasteiger charge is 2.44. The van der Waals surface area contributed by atoms with Crippen LogP contribution in [0, 0.1) is 17.3 Å². The Morgan fingerprint density at radius 1 is 1.23 bits per heavy atom. The molecule has 0 aliphatic heterocycles. The zero-order chi connectivity index (χ0) is 9.90. The fourth-order valence-electron chi connectivity index (χ4n) is 1.83. The average molecular weight is 183 g/mol. The van der Waals surface area contributed by atoms with Gasteiger partial charge in [-0.25, -0.2) is 0 Å². The molecule has 0 saturated heterocycles. The average Bonchev–Trinajstić information content (AvgIpc) is 2.85. The summed E-state index contributed by atoms with van der Waals surface area (Å²) in [5.41, 5.74) is 0.674. The molecule has 0 bridgehead atoms. The van der Waals surface area contributed by atoms with Gasteiger partial charge in [0.1, 0.15) is 0 Å². The zero-order valence-corrected chi connectivity index (χ0v) is 9.69. The number of rotatable bonds is 6. The Morgan fingerprint density at radius 2 is 1.85 bits per heavy atom. The van der Waals surface area contributed by atoms with Crippen molar-refractivity contribution < 1.29 is 0 Å². The fraction of sp³-hybridized carbons (Fsp3) is 1.00. The molecule has 1 N–H and O–H groups in total. The van der Waals surface area contributed by atoms with Crippen molar-refractivity contribution >= 4 is 0 Å². The van der Waals surface area contributed by atoms with Crippen LogP contribution in [-0.2, 0) is 0 Å². The van der Waals surface area contributed by atoms with E-state index in [1.807, 2.05) is 0 Å². The second-order valence-electron chi connectivity index (χ2n) is 5.16. The van der Waals surface area contributed by atoms with Crippen LogP contribution in [0.4, 0.5) is 0 Å². The summed E-state index contributed by atoms with van der Waals surface area (Å²) >= 11 is 0. The lowest BCUT2D eigenvalue weighted by atomic mass is 9.92. The normalized spacial score (nSPS) is 21.9.